The van der Waals surface area contributed by atoms with Crippen molar-refractivity contribution >= 4 is 6.29 Å². The minimum absolute atomic E-state index is 0.490. The summed E-state index contributed by atoms with van der Waals surface area (Å²) >= 11 is 0. The summed E-state index contributed by atoms with van der Waals surface area (Å²) in [4.78, 5) is 10.5. The third-order valence-electron chi connectivity index (χ3n) is 3.98. The third kappa shape index (κ3) is 3.81. The van der Waals surface area contributed by atoms with Gasteiger partial charge in [-0.1, -0.05) is 53.4 Å². The molecule has 84 valence electrons. The van der Waals surface area contributed by atoms with Gasteiger partial charge in [-0.25, -0.2) is 0 Å². The predicted octanol–water partition coefficient (Wildman–Crippen LogP) is 4.21. The summed E-state index contributed by atoms with van der Waals surface area (Å²) in [5.74, 6) is 0.604. The molecule has 0 radical (unpaired) electrons. The van der Waals surface area contributed by atoms with Crippen LogP contribution in [0.25, 0.3) is 0 Å². The van der Waals surface area contributed by atoms with E-state index in [1.165, 1.54) is 25.7 Å². The zero-order valence-electron chi connectivity index (χ0n) is 10.3. The highest BCUT2D eigenvalue weighted by atomic mass is 16.1. The molecule has 0 aliphatic carbocycles. The Kier molecular flexibility index (Phi) is 6.86. The lowest BCUT2D eigenvalue weighted by Crippen LogP contribution is -2.22. The van der Waals surface area contributed by atoms with Gasteiger partial charge in [0.15, 0.2) is 0 Å². The molecule has 0 N–H and O–H groups in total. The first-order chi connectivity index (χ1) is 6.67. The highest BCUT2D eigenvalue weighted by molar-refractivity contribution is 5.49. The SMILES string of the molecule is CCC(CC=O)CC(CC)(CC)CC. The summed E-state index contributed by atoms with van der Waals surface area (Å²) in [5.41, 5.74) is 0.490. The molecule has 0 fully saturated rings. The zero-order chi connectivity index (χ0) is 11.0. The Morgan fingerprint density at radius 1 is 1.07 bits per heavy atom. The van der Waals surface area contributed by atoms with Gasteiger partial charge in [-0.05, 0) is 17.8 Å². The molecule has 0 aromatic carbocycles. The normalized spacial score (nSPS) is 14.0. The lowest BCUT2D eigenvalue weighted by molar-refractivity contribution is -0.108. The van der Waals surface area contributed by atoms with E-state index in [1.807, 2.05) is 0 Å². The summed E-state index contributed by atoms with van der Waals surface area (Å²) in [5, 5.41) is 0. The Labute approximate surface area is 89.3 Å². The van der Waals surface area contributed by atoms with Crippen molar-refractivity contribution in [3.8, 4) is 0 Å². The van der Waals surface area contributed by atoms with Crippen molar-refractivity contribution in [2.24, 2.45) is 11.3 Å². The van der Waals surface area contributed by atoms with Gasteiger partial charge in [-0.15, -0.1) is 0 Å². The van der Waals surface area contributed by atoms with Crippen molar-refractivity contribution in [3.63, 3.8) is 0 Å². The molecule has 1 nitrogen and oxygen atoms in total. The Bertz CT molecular complexity index is 139. The summed E-state index contributed by atoms with van der Waals surface area (Å²) in [6.45, 7) is 9.03. The molecular weight excluding hydrogens is 172 g/mol. The fourth-order valence-electron chi connectivity index (χ4n) is 2.33. The minimum atomic E-state index is 0.490. The number of hydrogen-bond acceptors (Lipinski definition) is 1. The van der Waals surface area contributed by atoms with Gasteiger partial charge < -0.3 is 4.79 Å². The number of hydrogen-bond donors (Lipinski definition) is 0. The molecule has 0 saturated carbocycles. The molecule has 0 rings (SSSR count). The average molecular weight is 198 g/mol. The van der Waals surface area contributed by atoms with Gasteiger partial charge in [0.05, 0.1) is 0 Å². The molecule has 0 aromatic rings. The van der Waals surface area contributed by atoms with E-state index in [-0.39, 0.29) is 0 Å². The summed E-state index contributed by atoms with van der Waals surface area (Å²) < 4.78 is 0. The van der Waals surface area contributed by atoms with Crippen LogP contribution in [0.4, 0.5) is 0 Å². The Morgan fingerprint density at radius 2 is 1.57 bits per heavy atom. The molecule has 0 amide bonds. The number of carbonyl (C=O) groups excluding carboxylic acids is 1. The van der Waals surface area contributed by atoms with Crippen LogP contribution in [0, 0.1) is 11.3 Å². The van der Waals surface area contributed by atoms with Gasteiger partial charge in [0.25, 0.3) is 0 Å². The van der Waals surface area contributed by atoms with Gasteiger partial charge in [0, 0.05) is 6.42 Å². The lowest BCUT2D eigenvalue weighted by Gasteiger charge is -2.33. The van der Waals surface area contributed by atoms with E-state index in [0.717, 1.165) is 19.1 Å². The molecule has 0 heterocycles. The van der Waals surface area contributed by atoms with Crippen molar-refractivity contribution < 1.29 is 4.79 Å². The number of aldehydes is 1. The van der Waals surface area contributed by atoms with Crippen LogP contribution in [-0.2, 0) is 4.79 Å². The highest BCUT2D eigenvalue weighted by Crippen LogP contribution is 2.38. The standard InChI is InChI=1S/C13H26O/c1-5-12(9-10-14)11-13(6-2,7-3)8-4/h10,12H,5-9,11H2,1-4H3. The quantitative estimate of drug-likeness (QED) is 0.534. The van der Waals surface area contributed by atoms with Gasteiger partial charge in [-0.3, -0.25) is 0 Å². The van der Waals surface area contributed by atoms with Crippen LogP contribution in [0.15, 0.2) is 0 Å². The maximum absolute atomic E-state index is 10.5. The highest BCUT2D eigenvalue weighted by Gasteiger charge is 2.26. The molecule has 14 heavy (non-hydrogen) atoms. The van der Waals surface area contributed by atoms with Crippen LogP contribution in [-0.4, -0.2) is 6.29 Å². The number of carbonyl (C=O) groups is 1. The van der Waals surface area contributed by atoms with Crippen molar-refractivity contribution in [1.29, 1.82) is 0 Å². The second-order valence-electron chi connectivity index (χ2n) is 4.44. The van der Waals surface area contributed by atoms with E-state index in [9.17, 15) is 4.79 Å². The van der Waals surface area contributed by atoms with Crippen LogP contribution in [0.3, 0.4) is 0 Å². The van der Waals surface area contributed by atoms with E-state index < -0.39 is 0 Å². The lowest BCUT2D eigenvalue weighted by atomic mass is 9.72. The smallest absolute Gasteiger partial charge is 0.120 e. The average Bonchev–Trinajstić information content (AvgIpc) is 2.25. The maximum atomic E-state index is 10.5. The summed E-state index contributed by atoms with van der Waals surface area (Å²) in [7, 11) is 0. The third-order valence-corrected chi connectivity index (χ3v) is 3.98. The Balaban J connectivity index is 4.30. The first-order valence-corrected chi connectivity index (χ1v) is 6.11. The van der Waals surface area contributed by atoms with Gasteiger partial charge in [0.1, 0.15) is 6.29 Å². The Hall–Kier alpha value is -0.330. The summed E-state index contributed by atoms with van der Waals surface area (Å²) in [6.07, 6.45) is 7.93. The fourth-order valence-corrected chi connectivity index (χ4v) is 2.33. The van der Waals surface area contributed by atoms with Crippen molar-refractivity contribution in [2.75, 3.05) is 0 Å². The first-order valence-electron chi connectivity index (χ1n) is 6.11. The molecule has 1 heteroatoms. The van der Waals surface area contributed by atoms with Gasteiger partial charge in [-0.2, -0.15) is 0 Å². The van der Waals surface area contributed by atoms with E-state index in [1.54, 1.807) is 0 Å². The van der Waals surface area contributed by atoms with E-state index in [0.29, 0.717) is 11.3 Å². The van der Waals surface area contributed by atoms with Crippen molar-refractivity contribution in [1.82, 2.24) is 0 Å². The van der Waals surface area contributed by atoms with E-state index in [4.69, 9.17) is 0 Å². The zero-order valence-corrected chi connectivity index (χ0v) is 10.3. The predicted molar refractivity (Wildman–Crippen MR) is 62.4 cm³/mol. The van der Waals surface area contributed by atoms with E-state index >= 15 is 0 Å². The molecule has 1 atom stereocenters. The molecule has 1 unspecified atom stereocenters. The topological polar surface area (TPSA) is 17.1 Å². The van der Waals surface area contributed by atoms with Crippen LogP contribution >= 0.6 is 0 Å². The van der Waals surface area contributed by atoms with Gasteiger partial charge >= 0.3 is 0 Å². The van der Waals surface area contributed by atoms with Crippen LogP contribution in [0.1, 0.15) is 66.2 Å². The molecule has 0 saturated heterocycles. The molecule has 0 aliphatic heterocycles. The molecule has 0 aliphatic rings. The number of rotatable bonds is 8. The van der Waals surface area contributed by atoms with Crippen molar-refractivity contribution in [2.45, 2.75) is 66.2 Å². The van der Waals surface area contributed by atoms with Gasteiger partial charge in [0.2, 0.25) is 0 Å². The molecule has 0 aromatic heterocycles. The second-order valence-corrected chi connectivity index (χ2v) is 4.44. The van der Waals surface area contributed by atoms with Crippen molar-refractivity contribution in [3.05, 3.63) is 0 Å². The fraction of sp³-hybridized carbons (Fsp3) is 0.923. The molecule has 0 bridgehead atoms. The largest absolute Gasteiger partial charge is 0.303 e. The minimum Gasteiger partial charge on any atom is -0.303 e. The van der Waals surface area contributed by atoms with E-state index in [2.05, 4.69) is 27.7 Å². The molecule has 0 spiro atoms. The summed E-state index contributed by atoms with van der Waals surface area (Å²) in [6, 6.07) is 0. The Morgan fingerprint density at radius 3 is 1.86 bits per heavy atom. The second kappa shape index (κ2) is 7.03. The first kappa shape index (κ1) is 13.7. The van der Waals surface area contributed by atoms with Crippen LogP contribution < -0.4 is 0 Å². The maximum Gasteiger partial charge on any atom is 0.120 e. The molecular formula is C13H26O. The monoisotopic (exact) mass is 198 g/mol. The van der Waals surface area contributed by atoms with Crippen LogP contribution in [0.5, 0.6) is 0 Å². The van der Waals surface area contributed by atoms with Crippen LogP contribution in [0.2, 0.25) is 0 Å².